The van der Waals surface area contributed by atoms with E-state index in [-0.39, 0.29) is 16.9 Å². The third kappa shape index (κ3) is 6.80. The molecule has 2 aromatic rings. The van der Waals surface area contributed by atoms with Crippen molar-refractivity contribution in [1.29, 1.82) is 0 Å². The molecule has 0 atom stereocenters. The monoisotopic (exact) mass is 458 g/mol. The maximum Gasteiger partial charge on any atom is 0.277 e. The molecule has 0 heterocycles. The van der Waals surface area contributed by atoms with Gasteiger partial charge in [0.1, 0.15) is 0 Å². The topological polar surface area (TPSA) is 74.8 Å². The van der Waals surface area contributed by atoms with E-state index in [1.165, 1.54) is 12.4 Å². The summed E-state index contributed by atoms with van der Waals surface area (Å²) in [7, 11) is 0. The van der Waals surface area contributed by atoms with Crippen LogP contribution in [0.15, 0.2) is 48.0 Å². The second-order valence-corrected chi connectivity index (χ2v) is 8.17. The molecule has 3 rings (SSSR count). The van der Waals surface area contributed by atoms with Gasteiger partial charge in [-0.1, -0.05) is 17.7 Å². The Labute approximate surface area is 192 Å². The average molecular weight is 459 g/mol. The van der Waals surface area contributed by atoms with Gasteiger partial charge in [-0.25, -0.2) is 9.87 Å². The maximum atomic E-state index is 15.4. The van der Waals surface area contributed by atoms with Crippen molar-refractivity contribution < 1.29 is 14.0 Å². The number of hydrogen-bond acceptors (Lipinski definition) is 4. The highest BCUT2D eigenvalue weighted by molar-refractivity contribution is 6.30. The minimum absolute atomic E-state index is 0.0352. The highest BCUT2D eigenvalue weighted by Gasteiger charge is 2.23. The molecule has 0 bridgehead atoms. The predicted molar refractivity (Wildman–Crippen MR) is 128 cm³/mol. The molecule has 2 aromatic carbocycles. The summed E-state index contributed by atoms with van der Waals surface area (Å²) >= 11 is 6.04. The van der Waals surface area contributed by atoms with Gasteiger partial charge in [0, 0.05) is 17.3 Å². The number of allylic oxidation sites excluding steroid dienone is 1. The smallest absolute Gasteiger partial charge is 0.277 e. The molecule has 1 fully saturated rings. The summed E-state index contributed by atoms with van der Waals surface area (Å²) in [5.41, 5.74) is 4.23. The molecule has 170 valence electrons. The van der Waals surface area contributed by atoms with Crippen LogP contribution in [-0.2, 0) is 4.84 Å². The van der Waals surface area contributed by atoms with Crippen LogP contribution in [-0.4, -0.2) is 25.4 Å². The number of carbonyl (C=O) groups excluding carboxylic acids is 1. The third-order valence-electron chi connectivity index (χ3n) is 5.02. The summed E-state index contributed by atoms with van der Waals surface area (Å²) in [5, 5.41) is 6.47. The Morgan fingerprint density at radius 1 is 1.31 bits per heavy atom. The van der Waals surface area contributed by atoms with Crippen LogP contribution in [0.2, 0.25) is 5.02 Å². The quantitative estimate of drug-likeness (QED) is 0.120. The lowest BCUT2D eigenvalue weighted by molar-refractivity contribution is 0.0271. The summed E-state index contributed by atoms with van der Waals surface area (Å²) in [5.74, 6) is -0.645. The largest absolute Gasteiger partial charge is 0.352 e. The van der Waals surface area contributed by atoms with Crippen molar-refractivity contribution in [3.63, 3.8) is 0 Å². The number of hydrogen-bond donors (Lipinski definition) is 3. The van der Waals surface area contributed by atoms with Gasteiger partial charge >= 0.3 is 0 Å². The molecule has 0 saturated heterocycles. The minimum Gasteiger partial charge on any atom is -0.352 e. The maximum absolute atomic E-state index is 15.4. The summed E-state index contributed by atoms with van der Waals surface area (Å²) < 4.78 is 15.4. The Morgan fingerprint density at radius 3 is 2.81 bits per heavy atom. The lowest BCUT2D eigenvalue weighted by Gasteiger charge is -2.17. The number of unbranched alkanes of at least 4 members (excludes halogenated alkanes) is 1. The van der Waals surface area contributed by atoms with E-state index >= 15 is 4.39 Å². The van der Waals surface area contributed by atoms with Crippen LogP contribution in [0.1, 0.15) is 41.6 Å². The molecule has 3 N–H and O–H groups in total. The van der Waals surface area contributed by atoms with Crippen LogP contribution in [0.3, 0.4) is 0 Å². The number of aryl methyl sites for hydroxylation is 1. The minimum atomic E-state index is -0.605. The Kier molecular flexibility index (Phi) is 8.64. The first-order valence-electron chi connectivity index (χ1n) is 10.6. The third-order valence-corrected chi connectivity index (χ3v) is 5.26. The second kappa shape index (κ2) is 11.6. The van der Waals surface area contributed by atoms with Crippen LogP contribution in [0, 0.1) is 18.7 Å². The van der Waals surface area contributed by atoms with Gasteiger partial charge in [0.15, 0.2) is 5.82 Å². The van der Waals surface area contributed by atoms with Crippen molar-refractivity contribution in [3.05, 3.63) is 65.0 Å². The standard InChI is InChI=1S/C24H28ClFN4O2/c1-3-4-5-12-27-15-28-21-11-9-19(24(31)30-32-14-17-6-7-17)23(22(21)26)29-20-10-8-18(25)13-16(20)2/h3,8-11,13,15,17,29H,1,4-7,12,14H2,2H3,(H,27,28)(H,30,31). The van der Waals surface area contributed by atoms with Gasteiger partial charge in [-0.2, -0.15) is 0 Å². The summed E-state index contributed by atoms with van der Waals surface area (Å²) in [6.07, 6.45) is 7.22. The number of benzene rings is 2. The Morgan fingerprint density at radius 2 is 2.09 bits per heavy atom. The highest BCUT2D eigenvalue weighted by atomic mass is 35.5. The van der Waals surface area contributed by atoms with Gasteiger partial charge in [-0.05, 0) is 74.4 Å². The molecule has 0 radical (unpaired) electrons. The molecule has 1 aliphatic rings. The fourth-order valence-electron chi connectivity index (χ4n) is 2.97. The highest BCUT2D eigenvalue weighted by Crippen LogP contribution is 2.32. The van der Waals surface area contributed by atoms with E-state index in [0.29, 0.717) is 29.8 Å². The SMILES string of the molecule is C=CCCCN=CNc1ccc(C(=O)NOCC2CC2)c(Nc2ccc(Cl)cc2C)c1F. The van der Waals surface area contributed by atoms with Gasteiger partial charge in [0.25, 0.3) is 5.91 Å². The fourth-order valence-corrected chi connectivity index (χ4v) is 3.20. The van der Waals surface area contributed by atoms with Crippen molar-refractivity contribution in [2.45, 2.75) is 32.6 Å². The molecule has 1 aliphatic carbocycles. The average Bonchev–Trinajstić information content (AvgIpc) is 3.59. The molecule has 0 aromatic heterocycles. The predicted octanol–water partition coefficient (Wildman–Crippen LogP) is 6.01. The van der Waals surface area contributed by atoms with Crippen molar-refractivity contribution >= 4 is 40.9 Å². The second-order valence-electron chi connectivity index (χ2n) is 7.73. The van der Waals surface area contributed by atoms with Gasteiger partial charge in [0.2, 0.25) is 0 Å². The molecule has 8 heteroatoms. The zero-order valence-corrected chi connectivity index (χ0v) is 18.8. The Hall–Kier alpha value is -2.90. The molecule has 0 spiro atoms. The van der Waals surface area contributed by atoms with Gasteiger partial charge in [0.05, 0.1) is 29.9 Å². The zero-order valence-electron chi connectivity index (χ0n) is 18.1. The van der Waals surface area contributed by atoms with Crippen molar-refractivity contribution in [1.82, 2.24) is 5.48 Å². The molecular weight excluding hydrogens is 431 g/mol. The molecule has 0 unspecified atom stereocenters. The van der Waals surface area contributed by atoms with Crippen molar-refractivity contribution in [2.24, 2.45) is 10.9 Å². The van der Waals surface area contributed by atoms with Crippen molar-refractivity contribution in [3.8, 4) is 0 Å². The molecule has 1 amide bonds. The summed E-state index contributed by atoms with van der Waals surface area (Å²) in [4.78, 5) is 22.2. The Balaban J connectivity index is 1.81. The first kappa shape index (κ1) is 23.8. The Bertz CT molecular complexity index is 992. The number of carbonyl (C=O) groups is 1. The molecular formula is C24H28ClFN4O2. The number of rotatable bonds is 12. The van der Waals surface area contributed by atoms with Gasteiger partial charge in [-0.3, -0.25) is 14.6 Å². The van der Waals surface area contributed by atoms with E-state index in [4.69, 9.17) is 16.4 Å². The molecule has 6 nitrogen and oxygen atoms in total. The first-order chi connectivity index (χ1) is 15.5. The van der Waals surface area contributed by atoms with E-state index in [0.717, 1.165) is 31.2 Å². The number of hydroxylamine groups is 1. The lowest BCUT2D eigenvalue weighted by Crippen LogP contribution is -2.26. The molecule has 1 saturated carbocycles. The van der Waals surface area contributed by atoms with E-state index < -0.39 is 11.7 Å². The van der Waals surface area contributed by atoms with E-state index in [1.807, 2.05) is 13.0 Å². The van der Waals surface area contributed by atoms with E-state index in [1.54, 1.807) is 24.3 Å². The van der Waals surface area contributed by atoms with Gasteiger partial charge in [-0.15, -0.1) is 6.58 Å². The zero-order chi connectivity index (χ0) is 22.9. The first-order valence-corrected chi connectivity index (χ1v) is 11.0. The van der Waals surface area contributed by atoms with E-state index in [2.05, 4.69) is 27.7 Å². The summed E-state index contributed by atoms with van der Waals surface area (Å²) in [6.45, 7) is 6.58. The summed E-state index contributed by atoms with van der Waals surface area (Å²) in [6, 6.07) is 8.24. The number of aliphatic imine (C=N–C) groups is 1. The van der Waals surface area contributed by atoms with E-state index in [9.17, 15) is 4.79 Å². The van der Waals surface area contributed by atoms with Crippen LogP contribution in [0.25, 0.3) is 0 Å². The van der Waals surface area contributed by atoms with Crippen LogP contribution >= 0.6 is 11.6 Å². The lowest BCUT2D eigenvalue weighted by atomic mass is 10.1. The fraction of sp³-hybridized carbons (Fsp3) is 0.333. The molecule has 0 aliphatic heterocycles. The van der Waals surface area contributed by atoms with Crippen LogP contribution in [0.4, 0.5) is 21.5 Å². The number of nitrogens with one attached hydrogen (secondary N) is 3. The number of nitrogens with zero attached hydrogens (tertiary/aromatic N) is 1. The van der Waals surface area contributed by atoms with Crippen LogP contribution in [0.5, 0.6) is 0 Å². The number of halogens is 2. The molecule has 32 heavy (non-hydrogen) atoms. The normalized spacial score (nSPS) is 13.2. The van der Waals surface area contributed by atoms with Gasteiger partial charge < -0.3 is 10.6 Å². The number of amides is 1. The number of anilines is 3. The van der Waals surface area contributed by atoms with Crippen LogP contribution < -0.4 is 16.1 Å². The van der Waals surface area contributed by atoms with Crippen molar-refractivity contribution in [2.75, 3.05) is 23.8 Å².